The SMILES string of the molecule is C[C@@H]1CN(C(=O)CCC2CCC2)CC(C(=O)O)O1. The van der Waals surface area contributed by atoms with Gasteiger partial charge in [0.2, 0.25) is 5.91 Å². The molecule has 0 radical (unpaired) electrons. The summed E-state index contributed by atoms with van der Waals surface area (Å²) in [6.45, 7) is 2.50. The van der Waals surface area contributed by atoms with Gasteiger partial charge in [-0.15, -0.1) is 0 Å². The van der Waals surface area contributed by atoms with Crippen LogP contribution in [0.3, 0.4) is 0 Å². The molecule has 1 N–H and O–H groups in total. The summed E-state index contributed by atoms with van der Waals surface area (Å²) in [7, 11) is 0. The Labute approximate surface area is 107 Å². The van der Waals surface area contributed by atoms with Gasteiger partial charge in [-0.1, -0.05) is 19.3 Å². The summed E-state index contributed by atoms with van der Waals surface area (Å²) in [5.41, 5.74) is 0. The molecule has 18 heavy (non-hydrogen) atoms. The van der Waals surface area contributed by atoms with Crippen molar-refractivity contribution in [3.63, 3.8) is 0 Å². The van der Waals surface area contributed by atoms with E-state index in [1.165, 1.54) is 19.3 Å². The third-order valence-electron chi connectivity index (χ3n) is 3.88. The van der Waals surface area contributed by atoms with Gasteiger partial charge in [-0.05, 0) is 19.3 Å². The summed E-state index contributed by atoms with van der Waals surface area (Å²) < 4.78 is 5.29. The third kappa shape index (κ3) is 3.22. The van der Waals surface area contributed by atoms with Crippen LogP contribution in [0.4, 0.5) is 0 Å². The van der Waals surface area contributed by atoms with Gasteiger partial charge in [-0.2, -0.15) is 0 Å². The maximum atomic E-state index is 12.0. The molecule has 1 unspecified atom stereocenters. The summed E-state index contributed by atoms with van der Waals surface area (Å²) in [5.74, 6) is -0.204. The molecular weight excluding hydrogens is 234 g/mol. The number of morpholine rings is 1. The van der Waals surface area contributed by atoms with E-state index in [0.717, 1.165) is 6.42 Å². The van der Waals surface area contributed by atoms with Crippen LogP contribution in [0.2, 0.25) is 0 Å². The Morgan fingerprint density at radius 3 is 2.61 bits per heavy atom. The lowest BCUT2D eigenvalue weighted by molar-refractivity contribution is -0.166. The number of amides is 1. The first kappa shape index (κ1) is 13.3. The molecule has 5 nitrogen and oxygen atoms in total. The van der Waals surface area contributed by atoms with E-state index in [4.69, 9.17) is 9.84 Å². The molecular formula is C13H21NO4. The van der Waals surface area contributed by atoms with Crippen molar-refractivity contribution in [2.75, 3.05) is 13.1 Å². The highest BCUT2D eigenvalue weighted by atomic mass is 16.5. The van der Waals surface area contributed by atoms with Crippen molar-refractivity contribution in [2.45, 2.75) is 51.2 Å². The zero-order chi connectivity index (χ0) is 13.1. The summed E-state index contributed by atoms with van der Waals surface area (Å²) >= 11 is 0. The van der Waals surface area contributed by atoms with Crippen molar-refractivity contribution < 1.29 is 19.4 Å². The Kier molecular flexibility index (Phi) is 4.22. The Morgan fingerprint density at radius 2 is 2.06 bits per heavy atom. The van der Waals surface area contributed by atoms with Crippen molar-refractivity contribution in [1.29, 1.82) is 0 Å². The van der Waals surface area contributed by atoms with Crippen molar-refractivity contribution in [3.8, 4) is 0 Å². The van der Waals surface area contributed by atoms with Gasteiger partial charge < -0.3 is 14.7 Å². The number of aliphatic carboxylic acids is 1. The fraction of sp³-hybridized carbons (Fsp3) is 0.846. The van der Waals surface area contributed by atoms with Crippen LogP contribution in [0, 0.1) is 5.92 Å². The lowest BCUT2D eigenvalue weighted by Crippen LogP contribution is -2.51. The van der Waals surface area contributed by atoms with Gasteiger partial charge in [-0.3, -0.25) is 4.79 Å². The van der Waals surface area contributed by atoms with Crippen LogP contribution in [-0.2, 0) is 14.3 Å². The van der Waals surface area contributed by atoms with Crippen molar-refractivity contribution in [3.05, 3.63) is 0 Å². The largest absolute Gasteiger partial charge is 0.479 e. The quantitative estimate of drug-likeness (QED) is 0.821. The summed E-state index contributed by atoms with van der Waals surface area (Å²) in [6, 6.07) is 0. The lowest BCUT2D eigenvalue weighted by Gasteiger charge is -2.35. The molecule has 0 aromatic carbocycles. The van der Waals surface area contributed by atoms with E-state index in [2.05, 4.69) is 0 Å². The van der Waals surface area contributed by atoms with E-state index in [0.29, 0.717) is 18.9 Å². The predicted molar refractivity (Wildman–Crippen MR) is 65.1 cm³/mol. The minimum atomic E-state index is -0.988. The van der Waals surface area contributed by atoms with Crippen LogP contribution in [0.25, 0.3) is 0 Å². The minimum absolute atomic E-state index is 0.0725. The van der Waals surface area contributed by atoms with Crippen LogP contribution in [0.5, 0.6) is 0 Å². The number of carbonyl (C=O) groups is 2. The molecule has 1 amide bonds. The minimum Gasteiger partial charge on any atom is -0.479 e. The topological polar surface area (TPSA) is 66.8 Å². The fourth-order valence-electron chi connectivity index (χ4n) is 2.56. The maximum Gasteiger partial charge on any atom is 0.334 e. The number of hydrogen-bond acceptors (Lipinski definition) is 3. The summed E-state index contributed by atoms with van der Waals surface area (Å²) in [4.78, 5) is 24.6. The van der Waals surface area contributed by atoms with Gasteiger partial charge in [0.25, 0.3) is 0 Å². The van der Waals surface area contributed by atoms with Gasteiger partial charge in [0, 0.05) is 13.0 Å². The number of carboxylic acids is 1. The molecule has 2 rings (SSSR count). The van der Waals surface area contributed by atoms with E-state index in [1.807, 2.05) is 0 Å². The smallest absolute Gasteiger partial charge is 0.334 e. The Balaban J connectivity index is 1.82. The van der Waals surface area contributed by atoms with Crippen LogP contribution >= 0.6 is 0 Å². The van der Waals surface area contributed by atoms with Crippen LogP contribution in [-0.4, -0.2) is 47.2 Å². The second kappa shape index (κ2) is 5.69. The third-order valence-corrected chi connectivity index (χ3v) is 3.88. The van der Waals surface area contributed by atoms with Gasteiger partial charge >= 0.3 is 5.97 Å². The molecule has 1 aliphatic carbocycles. The number of carboxylic acid groups (broad SMARTS) is 1. The molecule has 0 aromatic rings. The Hall–Kier alpha value is -1.10. The molecule has 2 aliphatic rings. The van der Waals surface area contributed by atoms with Crippen molar-refractivity contribution >= 4 is 11.9 Å². The zero-order valence-electron chi connectivity index (χ0n) is 10.8. The van der Waals surface area contributed by atoms with E-state index < -0.39 is 12.1 Å². The van der Waals surface area contributed by atoms with Gasteiger partial charge in [-0.25, -0.2) is 4.79 Å². The molecule has 0 aromatic heterocycles. The average Bonchev–Trinajstić information content (AvgIpc) is 2.25. The van der Waals surface area contributed by atoms with Crippen LogP contribution in [0.15, 0.2) is 0 Å². The van der Waals surface area contributed by atoms with Gasteiger partial charge in [0.05, 0.1) is 12.6 Å². The van der Waals surface area contributed by atoms with E-state index in [9.17, 15) is 9.59 Å². The zero-order valence-corrected chi connectivity index (χ0v) is 10.8. The molecule has 2 fully saturated rings. The second-order valence-electron chi connectivity index (χ2n) is 5.41. The number of carbonyl (C=O) groups excluding carboxylic acids is 1. The highest BCUT2D eigenvalue weighted by Crippen LogP contribution is 2.30. The van der Waals surface area contributed by atoms with Crippen molar-refractivity contribution in [2.24, 2.45) is 5.92 Å². The normalized spacial score (nSPS) is 28.8. The average molecular weight is 255 g/mol. The number of hydrogen-bond donors (Lipinski definition) is 1. The number of rotatable bonds is 4. The monoisotopic (exact) mass is 255 g/mol. The number of nitrogens with zero attached hydrogens (tertiary/aromatic N) is 1. The second-order valence-corrected chi connectivity index (χ2v) is 5.41. The van der Waals surface area contributed by atoms with E-state index in [-0.39, 0.29) is 18.6 Å². The predicted octanol–water partition coefficient (Wildman–Crippen LogP) is 1.27. The van der Waals surface area contributed by atoms with Crippen molar-refractivity contribution in [1.82, 2.24) is 4.90 Å². The first-order valence-electron chi connectivity index (χ1n) is 6.72. The fourth-order valence-corrected chi connectivity index (χ4v) is 2.56. The number of ether oxygens (including phenoxy) is 1. The molecule has 1 saturated heterocycles. The Morgan fingerprint density at radius 1 is 1.33 bits per heavy atom. The molecule has 0 bridgehead atoms. The molecule has 2 atom stereocenters. The molecule has 1 heterocycles. The molecule has 1 aliphatic heterocycles. The van der Waals surface area contributed by atoms with Crippen LogP contribution in [0.1, 0.15) is 39.0 Å². The molecule has 1 saturated carbocycles. The standard InChI is InChI=1S/C13H21NO4/c1-9-7-14(8-11(18-9)13(16)17)12(15)6-5-10-3-2-4-10/h9-11H,2-8H2,1H3,(H,16,17)/t9-,11?/m1/s1. The lowest BCUT2D eigenvalue weighted by atomic mass is 9.82. The summed E-state index contributed by atoms with van der Waals surface area (Å²) in [5, 5.41) is 8.96. The maximum absolute atomic E-state index is 12.0. The van der Waals surface area contributed by atoms with Gasteiger partial charge in [0.1, 0.15) is 0 Å². The summed E-state index contributed by atoms with van der Waals surface area (Å²) in [6.07, 6.45) is 4.18. The van der Waals surface area contributed by atoms with E-state index in [1.54, 1.807) is 11.8 Å². The molecule has 5 heteroatoms. The first-order chi connectivity index (χ1) is 8.56. The van der Waals surface area contributed by atoms with E-state index >= 15 is 0 Å². The first-order valence-corrected chi connectivity index (χ1v) is 6.72. The van der Waals surface area contributed by atoms with Gasteiger partial charge in [0.15, 0.2) is 6.10 Å². The highest BCUT2D eigenvalue weighted by molar-refractivity contribution is 5.78. The molecule has 102 valence electrons. The highest BCUT2D eigenvalue weighted by Gasteiger charge is 2.32. The Bertz CT molecular complexity index is 327. The van der Waals surface area contributed by atoms with Crippen LogP contribution < -0.4 is 0 Å². The molecule has 0 spiro atoms.